The van der Waals surface area contributed by atoms with E-state index in [2.05, 4.69) is 33.9 Å². The van der Waals surface area contributed by atoms with Crippen LogP contribution in [0.2, 0.25) is 0 Å². The smallest absolute Gasteiger partial charge is 0.119 e. The van der Waals surface area contributed by atoms with Gasteiger partial charge in [-0.1, -0.05) is 6.07 Å². The summed E-state index contributed by atoms with van der Waals surface area (Å²) in [5.74, 6) is 1.59. The van der Waals surface area contributed by atoms with Crippen LogP contribution in [-0.4, -0.2) is 18.6 Å². The summed E-state index contributed by atoms with van der Waals surface area (Å²) in [6, 6.07) is 6.52. The van der Waals surface area contributed by atoms with Crippen LogP contribution in [0.5, 0.6) is 5.75 Å². The van der Waals surface area contributed by atoms with Gasteiger partial charge in [0.1, 0.15) is 5.75 Å². The minimum Gasteiger partial charge on any atom is -0.497 e. The van der Waals surface area contributed by atoms with Crippen LogP contribution in [0.1, 0.15) is 35.6 Å². The average molecular weight is 288 g/mol. The fraction of sp³-hybridized carbons (Fsp3) is 0.438. The van der Waals surface area contributed by atoms with Gasteiger partial charge in [-0.2, -0.15) is 0 Å². The van der Waals surface area contributed by atoms with Gasteiger partial charge in [-0.3, -0.25) is 0 Å². The van der Waals surface area contributed by atoms with Crippen LogP contribution in [0, 0.1) is 0 Å². The summed E-state index contributed by atoms with van der Waals surface area (Å²) in [5.41, 5.74) is 5.97. The Morgan fingerprint density at radius 2 is 2.40 bits per heavy atom. The predicted molar refractivity (Wildman–Crippen MR) is 82.5 cm³/mol. The Bertz CT molecular complexity index is 554. The van der Waals surface area contributed by atoms with Crippen molar-refractivity contribution < 1.29 is 4.74 Å². The van der Waals surface area contributed by atoms with Crippen molar-refractivity contribution in [1.82, 2.24) is 10.3 Å². The molecule has 0 radical (unpaired) electrons. The van der Waals surface area contributed by atoms with Crippen molar-refractivity contribution in [2.75, 3.05) is 13.7 Å². The number of fused-ring (bicyclic) bond motifs is 1. The number of rotatable bonds is 5. The third-order valence-electron chi connectivity index (χ3n) is 3.97. The number of nitrogens with zero attached hydrogens (tertiary/aromatic N) is 1. The zero-order valence-corrected chi connectivity index (χ0v) is 12.6. The maximum absolute atomic E-state index is 5.32. The van der Waals surface area contributed by atoms with Crippen molar-refractivity contribution >= 4 is 11.3 Å². The van der Waals surface area contributed by atoms with Crippen LogP contribution in [0.3, 0.4) is 0 Å². The van der Waals surface area contributed by atoms with E-state index in [1.165, 1.54) is 30.4 Å². The van der Waals surface area contributed by atoms with Crippen molar-refractivity contribution in [2.24, 2.45) is 0 Å². The van der Waals surface area contributed by atoms with E-state index in [0.29, 0.717) is 5.92 Å². The largest absolute Gasteiger partial charge is 0.497 e. The van der Waals surface area contributed by atoms with E-state index < -0.39 is 0 Å². The number of benzene rings is 1. The van der Waals surface area contributed by atoms with E-state index in [-0.39, 0.29) is 0 Å². The zero-order valence-electron chi connectivity index (χ0n) is 11.8. The molecule has 0 aliphatic heterocycles. The number of nitrogens with one attached hydrogen (secondary N) is 1. The number of hydrogen-bond donors (Lipinski definition) is 1. The molecule has 3 rings (SSSR count). The maximum Gasteiger partial charge on any atom is 0.119 e. The van der Waals surface area contributed by atoms with Crippen LogP contribution in [0.25, 0.3) is 0 Å². The first kappa shape index (κ1) is 13.6. The first-order valence-corrected chi connectivity index (χ1v) is 8.05. The molecule has 0 unspecified atom stereocenters. The lowest BCUT2D eigenvalue weighted by Gasteiger charge is -2.26. The SMILES string of the molecule is COc1ccc2c(c1)CCC[C@H]2CNCc1cscn1. The maximum atomic E-state index is 5.32. The number of aromatic nitrogens is 1. The molecule has 0 saturated carbocycles. The van der Waals surface area contributed by atoms with E-state index in [4.69, 9.17) is 4.74 Å². The number of aryl methyl sites for hydroxylation is 1. The number of hydrogen-bond acceptors (Lipinski definition) is 4. The van der Waals surface area contributed by atoms with Crippen molar-refractivity contribution in [3.05, 3.63) is 45.9 Å². The van der Waals surface area contributed by atoms with E-state index in [9.17, 15) is 0 Å². The Balaban J connectivity index is 1.64. The quantitative estimate of drug-likeness (QED) is 0.916. The molecule has 1 aliphatic rings. The number of ether oxygens (including phenoxy) is 1. The summed E-state index contributed by atoms with van der Waals surface area (Å²) < 4.78 is 5.32. The summed E-state index contributed by atoms with van der Waals surface area (Å²) in [6.07, 6.45) is 3.71. The Kier molecular flexibility index (Phi) is 4.33. The topological polar surface area (TPSA) is 34.1 Å². The molecule has 0 amide bonds. The van der Waals surface area contributed by atoms with Crippen molar-refractivity contribution in [1.29, 1.82) is 0 Å². The van der Waals surface area contributed by atoms with Gasteiger partial charge in [0.15, 0.2) is 0 Å². The highest BCUT2D eigenvalue weighted by Gasteiger charge is 2.20. The molecule has 2 aromatic rings. The second kappa shape index (κ2) is 6.37. The molecule has 3 nitrogen and oxygen atoms in total. The Morgan fingerprint density at radius 1 is 1.45 bits per heavy atom. The molecule has 0 saturated heterocycles. The summed E-state index contributed by atoms with van der Waals surface area (Å²) in [4.78, 5) is 4.31. The monoisotopic (exact) mass is 288 g/mol. The fourth-order valence-corrected chi connectivity index (χ4v) is 3.49. The molecule has 1 atom stereocenters. The molecule has 4 heteroatoms. The molecule has 1 heterocycles. The van der Waals surface area contributed by atoms with Gasteiger partial charge in [-0.15, -0.1) is 11.3 Å². The Hall–Kier alpha value is -1.39. The minimum absolute atomic E-state index is 0.614. The molecule has 20 heavy (non-hydrogen) atoms. The first-order valence-electron chi connectivity index (χ1n) is 7.11. The highest BCUT2D eigenvalue weighted by atomic mass is 32.1. The van der Waals surface area contributed by atoms with Gasteiger partial charge >= 0.3 is 0 Å². The average Bonchev–Trinajstić information content (AvgIpc) is 3.00. The third kappa shape index (κ3) is 3.02. The lowest BCUT2D eigenvalue weighted by molar-refractivity contribution is 0.412. The highest BCUT2D eigenvalue weighted by molar-refractivity contribution is 7.07. The summed E-state index contributed by atoms with van der Waals surface area (Å²) in [5, 5.41) is 5.64. The second-order valence-corrected chi connectivity index (χ2v) is 5.98. The van der Waals surface area contributed by atoms with E-state index in [0.717, 1.165) is 24.5 Å². The normalized spacial score (nSPS) is 17.8. The molecule has 1 aromatic heterocycles. The molecule has 0 spiro atoms. The first-order chi connectivity index (χ1) is 9.86. The summed E-state index contributed by atoms with van der Waals surface area (Å²) in [7, 11) is 1.73. The second-order valence-electron chi connectivity index (χ2n) is 5.26. The molecular weight excluding hydrogens is 268 g/mol. The Labute approximate surface area is 124 Å². The van der Waals surface area contributed by atoms with Crippen LogP contribution in [0.4, 0.5) is 0 Å². The molecule has 106 valence electrons. The van der Waals surface area contributed by atoms with Gasteiger partial charge < -0.3 is 10.1 Å². The van der Waals surface area contributed by atoms with Crippen molar-refractivity contribution in [3.63, 3.8) is 0 Å². The van der Waals surface area contributed by atoms with Gasteiger partial charge in [0.25, 0.3) is 0 Å². The third-order valence-corrected chi connectivity index (χ3v) is 4.60. The summed E-state index contributed by atoms with van der Waals surface area (Å²) >= 11 is 1.65. The minimum atomic E-state index is 0.614. The summed E-state index contributed by atoms with van der Waals surface area (Å²) in [6.45, 7) is 1.89. The Morgan fingerprint density at radius 3 is 3.20 bits per heavy atom. The predicted octanol–water partition coefficient (Wildman–Crippen LogP) is 3.36. The van der Waals surface area contributed by atoms with Gasteiger partial charge in [0.2, 0.25) is 0 Å². The van der Waals surface area contributed by atoms with Gasteiger partial charge in [-0.25, -0.2) is 4.98 Å². The molecule has 0 bridgehead atoms. The van der Waals surface area contributed by atoms with Gasteiger partial charge in [0.05, 0.1) is 18.3 Å². The van der Waals surface area contributed by atoms with Crippen LogP contribution in [0.15, 0.2) is 29.1 Å². The highest BCUT2D eigenvalue weighted by Crippen LogP contribution is 2.33. The van der Waals surface area contributed by atoms with Crippen molar-refractivity contribution in [2.45, 2.75) is 31.7 Å². The molecule has 0 fully saturated rings. The van der Waals surface area contributed by atoms with E-state index in [1.54, 1.807) is 18.4 Å². The van der Waals surface area contributed by atoms with Crippen molar-refractivity contribution in [3.8, 4) is 5.75 Å². The number of methoxy groups -OCH3 is 1. The van der Waals surface area contributed by atoms with Gasteiger partial charge in [-0.05, 0) is 48.4 Å². The van der Waals surface area contributed by atoms with Gasteiger partial charge in [0, 0.05) is 18.5 Å². The standard InChI is InChI=1S/C16H20N2OS/c1-19-15-5-6-16-12(7-15)3-2-4-13(16)8-17-9-14-10-20-11-18-14/h5-7,10-11,13,17H,2-4,8-9H2,1H3/t13-/m0/s1. The lowest BCUT2D eigenvalue weighted by atomic mass is 9.82. The van der Waals surface area contributed by atoms with Crippen LogP contribution >= 0.6 is 11.3 Å². The molecule has 1 aliphatic carbocycles. The van der Waals surface area contributed by atoms with E-state index in [1.807, 2.05) is 5.51 Å². The fourth-order valence-electron chi connectivity index (χ4n) is 2.93. The molecule has 1 aromatic carbocycles. The lowest BCUT2D eigenvalue weighted by Crippen LogP contribution is -2.24. The van der Waals surface area contributed by atoms with Crippen LogP contribution < -0.4 is 10.1 Å². The van der Waals surface area contributed by atoms with E-state index >= 15 is 0 Å². The molecule has 1 N–H and O–H groups in total. The molecular formula is C16H20N2OS. The zero-order chi connectivity index (χ0) is 13.8. The van der Waals surface area contributed by atoms with Crippen LogP contribution in [-0.2, 0) is 13.0 Å². The number of thiazole rings is 1.